The van der Waals surface area contributed by atoms with E-state index in [1.54, 1.807) is 0 Å². The Hall–Kier alpha value is -1.95. The second kappa shape index (κ2) is 5.20. The van der Waals surface area contributed by atoms with Gasteiger partial charge in [-0.3, -0.25) is 0 Å². The molecule has 1 unspecified atom stereocenters. The molecule has 0 radical (unpaired) electrons. The van der Waals surface area contributed by atoms with Crippen molar-refractivity contribution < 1.29 is 9.90 Å². The van der Waals surface area contributed by atoms with E-state index < -0.39 is 5.97 Å². The first-order valence-corrected chi connectivity index (χ1v) is 7.00. The first-order valence-electron chi connectivity index (χ1n) is 6.21. The SMILES string of the molecule is O=C(O)c1cnc(NC2Cc3ccc(Br)cc3C2)nc1. The maximum absolute atomic E-state index is 10.7. The molecule has 1 aromatic carbocycles. The molecule has 1 aliphatic carbocycles. The molecular weight excluding hydrogens is 322 g/mol. The Bertz CT molecular complexity index is 658. The van der Waals surface area contributed by atoms with Gasteiger partial charge in [0, 0.05) is 22.9 Å². The summed E-state index contributed by atoms with van der Waals surface area (Å²) in [5, 5.41) is 12.0. The van der Waals surface area contributed by atoms with Crippen LogP contribution in [0.3, 0.4) is 0 Å². The number of aromatic carboxylic acids is 1. The predicted molar refractivity (Wildman–Crippen MR) is 78.0 cm³/mol. The van der Waals surface area contributed by atoms with Crippen molar-refractivity contribution in [3.8, 4) is 0 Å². The Balaban J connectivity index is 1.70. The maximum atomic E-state index is 10.7. The Morgan fingerprint density at radius 1 is 1.25 bits per heavy atom. The number of hydrogen-bond donors (Lipinski definition) is 2. The smallest absolute Gasteiger partial charge is 0.338 e. The summed E-state index contributed by atoms with van der Waals surface area (Å²) in [4.78, 5) is 18.8. The van der Waals surface area contributed by atoms with Crippen LogP contribution in [0.4, 0.5) is 5.95 Å². The largest absolute Gasteiger partial charge is 0.478 e. The average Bonchev–Trinajstić information content (AvgIpc) is 2.80. The van der Waals surface area contributed by atoms with E-state index in [0.717, 1.165) is 17.3 Å². The van der Waals surface area contributed by atoms with Crippen LogP contribution in [-0.2, 0) is 12.8 Å². The molecule has 1 aromatic heterocycles. The van der Waals surface area contributed by atoms with E-state index in [9.17, 15) is 4.79 Å². The molecule has 0 spiro atoms. The van der Waals surface area contributed by atoms with Gasteiger partial charge < -0.3 is 10.4 Å². The molecule has 0 fully saturated rings. The van der Waals surface area contributed by atoms with E-state index in [1.807, 2.05) is 6.07 Å². The number of anilines is 1. The fourth-order valence-electron chi connectivity index (χ4n) is 2.38. The normalized spacial score (nSPS) is 16.8. The Kier molecular flexibility index (Phi) is 3.40. The second-order valence-electron chi connectivity index (χ2n) is 4.76. The number of carboxylic acids is 1. The van der Waals surface area contributed by atoms with E-state index in [0.29, 0.717) is 5.95 Å². The van der Waals surface area contributed by atoms with Gasteiger partial charge in [0.25, 0.3) is 0 Å². The van der Waals surface area contributed by atoms with Crippen molar-refractivity contribution in [2.75, 3.05) is 5.32 Å². The molecule has 0 saturated heterocycles. The van der Waals surface area contributed by atoms with Gasteiger partial charge in [-0.05, 0) is 36.1 Å². The van der Waals surface area contributed by atoms with Crippen LogP contribution in [0.2, 0.25) is 0 Å². The van der Waals surface area contributed by atoms with Crippen molar-refractivity contribution >= 4 is 27.8 Å². The lowest BCUT2D eigenvalue weighted by molar-refractivity contribution is 0.0696. The third-order valence-electron chi connectivity index (χ3n) is 3.33. The van der Waals surface area contributed by atoms with E-state index in [1.165, 1.54) is 23.5 Å². The zero-order valence-corrected chi connectivity index (χ0v) is 12.1. The number of nitrogens with zero attached hydrogens (tertiary/aromatic N) is 2. The Labute approximate surface area is 124 Å². The highest BCUT2D eigenvalue weighted by atomic mass is 79.9. The number of aromatic nitrogens is 2. The van der Waals surface area contributed by atoms with Crippen LogP contribution < -0.4 is 5.32 Å². The van der Waals surface area contributed by atoms with Crippen LogP contribution in [0.15, 0.2) is 35.1 Å². The number of fused-ring (bicyclic) bond motifs is 1. The van der Waals surface area contributed by atoms with Crippen molar-refractivity contribution in [1.29, 1.82) is 0 Å². The molecule has 2 aromatic rings. The fourth-order valence-corrected chi connectivity index (χ4v) is 2.79. The van der Waals surface area contributed by atoms with E-state index >= 15 is 0 Å². The third kappa shape index (κ3) is 2.65. The molecule has 0 aliphatic heterocycles. The molecule has 0 amide bonds. The lowest BCUT2D eigenvalue weighted by atomic mass is 10.1. The van der Waals surface area contributed by atoms with E-state index in [2.05, 4.69) is 43.3 Å². The Morgan fingerprint density at radius 3 is 2.65 bits per heavy atom. The van der Waals surface area contributed by atoms with Gasteiger partial charge in [0.1, 0.15) is 0 Å². The molecule has 1 aliphatic rings. The van der Waals surface area contributed by atoms with Gasteiger partial charge in [-0.2, -0.15) is 0 Å². The van der Waals surface area contributed by atoms with Gasteiger partial charge in [0.05, 0.1) is 5.56 Å². The number of carboxylic acid groups (broad SMARTS) is 1. The van der Waals surface area contributed by atoms with E-state index in [-0.39, 0.29) is 11.6 Å². The zero-order chi connectivity index (χ0) is 14.1. The first kappa shape index (κ1) is 13.1. The second-order valence-corrected chi connectivity index (χ2v) is 5.68. The highest BCUT2D eigenvalue weighted by Gasteiger charge is 2.22. The minimum atomic E-state index is -1.02. The van der Waals surface area contributed by atoms with Crippen molar-refractivity contribution in [2.24, 2.45) is 0 Å². The molecular formula is C14H12BrN3O2. The topological polar surface area (TPSA) is 75.1 Å². The van der Waals surface area contributed by atoms with Crippen LogP contribution in [0.1, 0.15) is 21.5 Å². The summed E-state index contributed by atoms with van der Waals surface area (Å²) in [6.45, 7) is 0. The molecule has 102 valence electrons. The molecule has 20 heavy (non-hydrogen) atoms. The monoisotopic (exact) mass is 333 g/mol. The average molecular weight is 334 g/mol. The number of halogens is 1. The molecule has 3 rings (SSSR count). The summed E-state index contributed by atoms with van der Waals surface area (Å²) in [6.07, 6.45) is 4.47. The van der Waals surface area contributed by atoms with Crippen LogP contribution in [0.25, 0.3) is 0 Å². The molecule has 0 bridgehead atoms. The molecule has 6 heteroatoms. The molecule has 0 saturated carbocycles. The van der Waals surface area contributed by atoms with Crippen LogP contribution in [0.5, 0.6) is 0 Å². The van der Waals surface area contributed by atoms with Crippen molar-refractivity contribution in [3.63, 3.8) is 0 Å². The predicted octanol–water partition coefficient (Wildman–Crippen LogP) is 2.52. The van der Waals surface area contributed by atoms with Crippen LogP contribution >= 0.6 is 15.9 Å². The summed E-state index contributed by atoms with van der Waals surface area (Å²) in [6, 6.07) is 6.54. The number of nitrogens with one attached hydrogen (secondary N) is 1. The van der Waals surface area contributed by atoms with Gasteiger partial charge in [-0.15, -0.1) is 0 Å². The van der Waals surface area contributed by atoms with Gasteiger partial charge in [0.2, 0.25) is 5.95 Å². The minimum absolute atomic E-state index is 0.0918. The van der Waals surface area contributed by atoms with Crippen LogP contribution in [0, 0.1) is 0 Å². The summed E-state index contributed by atoms with van der Waals surface area (Å²) >= 11 is 3.47. The molecule has 2 N–H and O–H groups in total. The van der Waals surface area contributed by atoms with E-state index in [4.69, 9.17) is 5.11 Å². The number of hydrogen-bond acceptors (Lipinski definition) is 4. The first-order chi connectivity index (χ1) is 9.61. The number of rotatable bonds is 3. The maximum Gasteiger partial charge on any atom is 0.338 e. The summed E-state index contributed by atoms with van der Waals surface area (Å²) in [5.74, 6) is -0.554. The molecule has 5 nitrogen and oxygen atoms in total. The number of carbonyl (C=O) groups is 1. The quantitative estimate of drug-likeness (QED) is 0.902. The van der Waals surface area contributed by atoms with Crippen LogP contribution in [-0.4, -0.2) is 27.1 Å². The standard InChI is InChI=1S/C14H12BrN3O2/c15-11-2-1-8-4-12(5-9(8)3-11)18-14-16-6-10(7-17-14)13(19)20/h1-3,6-7,12H,4-5H2,(H,19,20)(H,16,17,18). The lowest BCUT2D eigenvalue weighted by Gasteiger charge is -2.11. The summed E-state index contributed by atoms with van der Waals surface area (Å²) in [7, 11) is 0. The summed E-state index contributed by atoms with van der Waals surface area (Å²) in [5.41, 5.74) is 2.74. The number of benzene rings is 1. The van der Waals surface area contributed by atoms with Gasteiger partial charge in [-0.25, -0.2) is 14.8 Å². The van der Waals surface area contributed by atoms with Gasteiger partial charge in [0.15, 0.2) is 0 Å². The van der Waals surface area contributed by atoms with Crippen molar-refractivity contribution in [3.05, 3.63) is 51.8 Å². The highest BCUT2D eigenvalue weighted by Crippen LogP contribution is 2.26. The van der Waals surface area contributed by atoms with Crippen molar-refractivity contribution in [1.82, 2.24) is 9.97 Å². The minimum Gasteiger partial charge on any atom is -0.478 e. The van der Waals surface area contributed by atoms with Crippen molar-refractivity contribution in [2.45, 2.75) is 18.9 Å². The lowest BCUT2D eigenvalue weighted by Crippen LogP contribution is -2.21. The fraction of sp³-hybridized carbons (Fsp3) is 0.214. The Morgan fingerprint density at radius 2 is 1.95 bits per heavy atom. The molecule has 1 heterocycles. The third-order valence-corrected chi connectivity index (χ3v) is 3.83. The van der Waals surface area contributed by atoms with Gasteiger partial charge in [-0.1, -0.05) is 22.0 Å². The highest BCUT2D eigenvalue weighted by molar-refractivity contribution is 9.10. The van der Waals surface area contributed by atoms with Gasteiger partial charge >= 0.3 is 5.97 Å². The molecule has 1 atom stereocenters. The zero-order valence-electron chi connectivity index (χ0n) is 10.5. The summed E-state index contributed by atoms with van der Waals surface area (Å²) < 4.78 is 1.08.